The van der Waals surface area contributed by atoms with Crippen LogP contribution in [0.15, 0.2) is 107 Å². The monoisotopic (exact) mass is 592 g/mol. The van der Waals surface area contributed by atoms with Crippen molar-refractivity contribution in [2.24, 2.45) is 0 Å². The van der Waals surface area contributed by atoms with Crippen LogP contribution in [-0.2, 0) is 34.0 Å². The molecule has 0 spiro atoms. The molecule has 0 aliphatic carbocycles. The molecule has 4 aromatic rings. The van der Waals surface area contributed by atoms with Gasteiger partial charge in [-0.05, 0) is 28.8 Å². The Hall–Kier alpha value is -3.73. The van der Waals surface area contributed by atoms with Crippen molar-refractivity contribution in [1.29, 1.82) is 0 Å². The highest BCUT2D eigenvalue weighted by atomic mass is 35.5. The van der Waals surface area contributed by atoms with Crippen LogP contribution in [0.2, 0.25) is 0 Å². The number of halogens is 1. The van der Waals surface area contributed by atoms with E-state index in [0.717, 1.165) is 21.3 Å². The van der Waals surface area contributed by atoms with E-state index < -0.39 is 41.2 Å². The fourth-order valence-corrected chi connectivity index (χ4v) is 5.49. The van der Waals surface area contributed by atoms with Crippen molar-refractivity contribution < 1.29 is 24.1 Å². The predicted octanol–water partition coefficient (Wildman–Crippen LogP) is 3.74. The summed E-state index contributed by atoms with van der Waals surface area (Å²) in [5.41, 5.74) is 0.156. The van der Waals surface area contributed by atoms with Crippen molar-refractivity contribution >= 4 is 11.6 Å². The molecule has 1 fully saturated rings. The molecule has 5 rings (SSSR count). The van der Waals surface area contributed by atoms with E-state index in [2.05, 4.69) is 0 Å². The fourth-order valence-electron chi connectivity index (χ4n) is 5.02. The van der Waals surface area contributed by atoms with Crippen molar-refractivity contribution in [2.45, 2.75) is 43.1 Å². The highest BCUT2D eigenvalue weighted by Crippen LogP contribution is 2.42. The van der Waals surface area contributed by atoms with Crippen molar-refractivity contribution in [2.75, 3.05) is 20.3 Å². The Bertz CT molecular complexity index is 1560. The van der Waals surface area contributed by atoms with Crippen LogP contribution in [0.4, 0.5) is 0 Å². The van der Waals surface area contributed by atoms with E-state index in [0.29, 0.717) is 5.75 Å². The molecular weight excluding hydrogens is 560 g/mol. The molecule has 4 atom stereocenters. The Balaban J connectivity index is 1.43. The summed E-state index contributed by atoms with van der Waals surface area (Å²) in [6.45, 7) is 0.0131. The number of alkyl halides is 1. The lowest BCUT2D eigenvalue weighted by Gasteiger charge is -2.32. The number of aliphatic hydroxyl groups excluding tert-OH is 1. The SMILES string of the molecule is COc1ccc(Cn2c(=O)ccn([C@@H]3O[C@](CO)(COCc4ccccc4)[C@@H](OCc4ccccc4)[C@@H]3Cl)c2=O)cc1. The molecule has 0 bridgehead atoms. The quantitative estimate of drug-likeness (QED) is 0.250. The highest BCUT2D eigenvalue weighted by molar-refractivity contribution is 6.21. The minimum atomic E-state index is -1.38. The minimum Gasteiger partial charge on any atom is -0.497 e. The Morgan fingerprint density at radius 2 is 1.52 bits per heavy atom. The molecule has 9 nitrogen and oxygen atoms in total. The topological polar surface area (TPSA) is 101 Å². The number of benzene rings is 3. The molecule has 42 heavy (non-hydrogen) atoms. The molecule has 0 saturated carbocycles. The summed E-state index contributed by atoms with van der Waals surface area (Å²) < 4.78 is 26.3. The summed E-state index contributed by atoms with van der Waals surface area (Å²) >= 11 is 6.98. The summed E-state index contributed by atoms with van der Waals surface area (Å²) in [7, 11) is 1.56. The summed E-state index contributed by atoms with van der Waals surface area (Å²) in [5.74, 6) is 0.664. The van der Waals surface area contributed by atoms with E-state index in [-0.39, 0.29) is 26.4 Å². The van der Waals surface area contributed by atoms with Gasteiger partial charge in [-0.1, -0.05) is 72.8 Å². The van der Waals surface area contributed by atoms with E-state index in [4.69, 9.17) is 30.5 Å². The first-order valence-corrected chi connectivity index (χ1v) is 14.0. The largest absolute Gasteiger partial charge is 0.497 e. The predicted molar refractivity (Wildman–Crippen MR) is 158 cm³/mol. The summed E-state index contributed by atoms with van der Waals surface area (Å²) in [6, 6.07) is 27.5. The van der Waals surface area contributed by atoms with E-state index in [9.17, 15) is 14.7 Å². The lowest BCUT2D eigenvalue weighted by molar-refractivity contribution is -0.175. The van der Waals surface area contributed by atoms with Crippen LogP contribution in [0.3, 0.4) is 0 Å². The van der Waals surface area contributed by atoms with Gasteiger partial charge >= 0.3 is 5.69 Å². The van der Waals surface area contributed by atoms with Crippen molar-refractivity contribution in [1.82, 2.24) is 9.13 Å². The van der Waals surface area contributed by atoms with E-state index in [1.807, 2.05) is 60.7 Å². The number of aromatic nitrogens is 2. The zero-order valence-electron chi connectivity index (χ0n) is 23.2. The number of ether oxygens (including phenoxy) is 4. The zero-order valence-corrected chi connectivity index (χ0v) is 23.9. The molecule has 1 N–H and O–H groups in total. The maximum atomic E-state index is 13.7. The molecular formula is C32H33ClN2O7. The Labute approximate surface area is 248 Å². The van der Waals surface area contributed by atoms with Crippen LogP contribution in [0.5, 0.6) is 5.75 Å². The Morgan fingerprint density at radius 1 is 0.881 bits per heavy atom. The van der Waals surface area contributed by atoms with Gasteiger partial charge in [0.05, 0.1) is 40.1 Å². The lowest BCUT2D eigenvalue weighted by atomic mass is 9.98. The van der Waals surface area contributed by atoms with Gasteiger partial charge in [0.15, 0.2) is 6.23 Å². The lowest BCUT2D eigenvalue weighted by Crippen LogP contribution is -2.50. The first-order valence-electron chi connectivity index (χ1n) is 13.6. The van der Waals surface area contributed by atoms with Gasteiger partial charge in [-0.2, -0.15) is 0 Å². The van der Waals surface area contributed by atoms with Gasteiger partial charge in [-0.15, -0.1) is 11.6 Å². The fraction of sp³-hybridized carbons (Fsp3) is 0.312. The highest BCUT2D eigenvalue weighted by Gasteiger charge is 2.56. The average Bonchev–Trinajstić information content (AvgIpc) is 3.30. The zero-order chi connectivity index (χ0) is 29.5. The average molecular weight is 593 g/mol. The maximum absolute atomic E-state index is 13.7. The van der Waals surface area contributed by atoms with Crippen molar-refractivity contribution in [3.8, 4) is 5.75 Å². The van der Waals surface area contributed by atoms with Crippen LogP contribution < -0.4 is 16.0 Å². The number of nitrogens with zero attached hydrogens (tertiary/aromatic N) is 2. The maximum Gasteiger partial charge on any atom is 0.333 e. The number of aliphatic hydroxyl groups is 1. The molecule has 1 saturated heterocycles. The van der Waals surface area contributed by atoms with Gasteiger partial charge in [-0.25, -0.2) is 4.79 Å². The molecule has 220 valence electrons. The molecule has 0 amide bonds. The Kier molecular flexibility index (Phi) is 9.56. The van der Waals surface area contributed by atoms with Gasteiger partial charge in [-0.3, -0.25) is 13.9 Å². The normalized spacial score (nSPS) is 21.8. The standard InChI is InChI=1S/C32H33ClN2O7/c1-39-26-14-12-23(13-15-26)18-35-27(37)16-17-34(31(35)38)30-28(33)29(41-20-25-10-6-3-7-11-25)32(21-36,42-30)22-40-19-24-8-4-2-5-9-24/h2-17,28-30,36H,18-22H2,1H3/t28-,29-,30+,32+/m0/s1. The van der Waals surface area contributed by atoms with E-state index >= 15 is 0 Å². The first-order chi connectivity index (χ1) is 20.4. The Morgan fingerprint density at radius 3 is 2.14 bits per heavy atom. The minimum absolute atomic E-state index is 0.0431. The van der Waals surface area contributed by atoms with Gasteiger partial charge in [0.1, 0.15) is 22.8 Å². The third-order valence-corrected chi connectivity index (χ3v) is 7.75. The molecule has 2 heterocycles. The van der Waals surface area contributed by atoms with Crippen molar-refractivity contribution in [3.63, 3.8) is 0 Å². The second-order valence-corrected chi connectivity index (χ2v) is 10.7. The molecule has 10 heteroatoms. The van der Waals surface area contributed by atoms with Crippen LogP contribution in [0.1, 0.15) is 22.9 Å². The van der Waals surface area contributed by atoms with Crippen LogP contribution >= 0.6 is 11.6 Å². The molecule has 1 aliphatic rings. The summed E-state index contributed by atoms with van der Waals surface area (Å²) in [6.07, 6.45) is -0.531. The molecule has 0 unspecified atom stereocenters. The third kappa shape index (κ3) is 6.51. The van der Waals surface area contributed by atoms with Crippen LogP contribution in [-0.4, -0.2) is 51.6 Å². The molecule has 1 aromatic heterocycles. The second-order valence-electron chi connectivity index (χ2n) is 10.1. The van der Waals surface area contributed by atoms with Gasteiger partial charge in [0.25, 0.3) is 5.56 Å². The number of rotatable bonds is 12. The van der Waals surface area contributed by atoms with E-state index in [1.165, 1.54) is 16.8 Å². The second kappa shape index (κ2) is 13.5. The third-order valence-electron chi connectivity index (χ3n) is 7.30. The number of methoxy groups -OCH3 is 1. The molecule has 0 radical (unpaired) electrons. The van der Waals surface area contributed by atoms with Crippen LogP contribution in [0, 0.1) is 0 Å². The van der Waals surface area contributed by atoms with Crippen LogP contribution in [0.25, 0.3) is 0 Å². The van der Waals surface area contributed by atoms with Gasteiger partial charge < -0.3 is 24.1 Å². The van der Waals surface area contributed by atoms with Gasteiger partial charge in [0.2, 0.25) is 0 Å². The number of hydrogen-bond acceptors (Lipinski definition) is 7. The number of hydrogen-bond donors (Lipinski definition) is 1. The van der Waals surface area contributed by atoms with E-state index in [1.54, 1.807) is 31.4 Å². The molecule has 1 aliphatic heterocycles. The first kappa shape index (κ1) is 29.8. The smallest absolute Gasteiger partial charge is 0.333 e. The van der Waals surface area contributed by atoms with Crippen molar-refractivity contribution in [3.05, 3.63) is 135 Å². The van der Waals surface area contributed by atoms with Gasteiger partial charge in [0, 0.05) is 12.3 Å². The summed E-state index contributed by atoms with van der Waals surface area (Å²) in [4.78, 5) is 26.4. The molecule has 3 aromatic carbocycles. The summed E-state index contributed by atoms with van der Waals surface area (Å²) in [5, 5.41) is 9.78.